The second-order valence-corrected chi connectivity index (χ2v) is 9.26. The lowest BCUT2D eigenvalue weighted by molar-refractivity contribution is 0.796. The van der Waals surface area contributed by atoms with Crippen molar-refractivity contribution in [1.29, 1.82) is 0 Å². The molecule has 5 rings (SSSR count). The van der Waals surface area contributed by atoms with Crippen LogP contribution in [0.15, 0.2) is 66.9 Å². The van der Waals surface area contributed by atoms with E-state index in [9.17, 15) is 0 Å². The van der Waals surface area contributed by atoms with Gasteiger partial charge >= 0.3 is 0 Å². The highest BCUT2D eigenvalue weighted by Gasteiger charge is 2.17. The van der Waals surface area contributed by atoms with Gasteiger partial charge in [-0.05, 0) is 62.6 Å². The molecule has 0 saturated heterocycles. The Kier molecular flexibility index (Phi) is 4.95. The Morgan fingerprint density at radius 2 is 1.68 bits per heavy atom. The van der Waals surface area contributed by atoms with E-state index in [1.54, 1.807) is 11.3 Å². The van der Waals surface area contributed by atoms with Gasteiger partial charge in [0.15, 0.2) is 0 Å². The van der Waals surface area contributed by atoms with Crippen LogP contribution in [-0.4, -0.2) is 14.5 Å². The van der Waals surface area contributed by atoms with Crippen LogP contribution in [0.5, 0.6) is 0 Å². The fourth-order valence-electron chi connectivity index (χ4n) is 4.31. The highest BCUT2D eigenvalue weighted by atomic mass is 32.1. The highest BCUT2D eigenvalue weighted by molar-refractivity contribution is 7.14. The molecule has 0 bridgehead atoms. The Hall–Kier alpha value is -3.24. The van der Waals surface area contributed by atoms with Gasteiger partial charge in [0.05, 0.1) is 11.0 Å². The zero-order chi connectivity index (χ0) is 21.5. The van der Waals surface area contributed by atoms with Crippen molar-refractivity contribution < 1.29 is 0 Å². The molecule has 0 atom stereocenters. The molecule has 0 amide bonds. The van der Waals surface area contributed by atoms with Crippen LogP contribution in [0.2, 0.25) is 0 Å². The van der Waals surface area contributed by atoms with Crippen molar-refractivity contribution in [2.75, 3.05) is 0 Å². The summed E-state index contributed by atoms with van der Waals surface area (Å²) >= 11 is 1.72. The van der Waals surface area contributed by atoms with Crippen molar-refractivity contribution in [3.8, 4) is 33.1 Å². The van der Waals surface area contributed by atoms with Crippen molar-refractivity contribution in [2.24, 2.45) is 0 Å². The lowest BCUT2D eigenvalue weighted by Crippen LogP contribution is -1.99. The van der Waals surface area contributed by atoms with E-state index in [1.165, 1.54) is 32.7 Å². The first-order chi connectivity index (χ1) is 15.0. The largest absolute Gasteiger partial charge is 0.324 e. The van der Waals surface area contributed by atoms with E-state index in [4.69, 9.17) is 4.98 Å². The summed E-state index contributed by atoms with van der Waals surface area (Å²) in [6, 6.07) is 21.8. The highest BCUT2D eigenvalue weighted by Crippen LogP contribution is 2.36. The Bertz CT molecular complexity index is 1410. The number of hydrogen-bond acceptors (Lipinski definition) is 3. The molecule has 154 valence electrons. The number of rotatable bonds is 4. The van der Waals surface area contributed by atoms with Gasteiger partial charge in [-0.2, -0.15) is 0 Å². The van der Waals surface area contributed by atoms with Crippen LogP contribution < -0.4 is 0 Å². The predicted octanol–water partition coefficient (Wildman–Crippen LogP) is 7.44. The van der Waals surface area contributed by atoms with Crippen LogP contribution in [0.25, 0.3) is 44.1 Å². The minimum Gasteiger partial charge on any atom is -0.324 e. The lowest BCUT2D eigenvalue weighted by Gasteiger charge is -2.14. The number of imidazole rings is 1. The molecule has 31 heavy (non-hydrogen) atoms. The van der Waals surface area contributed by atoms with E-state index >= 15 is 0 Å². The van der Waals surface area contributed by atoms with Crippen molar-refractivity contribution >= 4 is 22.4 Å². The molecule has 0 N–H and O–H groups in total. The van der Waals surface area contributed by atoms with E-state index in [2.05, 4.69) is 97.9 Å². The number of aryl methyl sites for hydroxylation is 4. The third kappa shape index (κ3) is 3.47. The second kappa shape index (κ2) is 7.78. The Labute approximate surface area is 187 Å². The molecule has 0 fully saturated rings. The quantitative estimate of drug-likeness (QED) is 0.301. The fraction of sp³-hybridized carbons (Fsp3) is 0.185. The van der Waals surface area contributed by atoms with Gasteiger partial charge in [-0.1, -0.05) is 48.0 Å². The number of aromatic nitrogens is 3. The summed E-state index contributed by atoms with van der Waals surface area (Å²) in [5.41, 5.74) is 9.51. The molecule has 0 aliphatic rings. The van der Waals surface area contributed by atoms with E-state index in [0.717, 1.165) is 34.0 Å². The van der Waals surface area contributed by atoms with Gasteiger partial charge in [-0.15, -0.1) is 11.3 Å². The van der Waals surface area contributed by atoms with Gasteiger partial charge in [0.1, 0.15) is 10.8 Å². The van der Waals surface area contributed by atoms with Gasteiger partial charge in [0, 0.05) is 28.7 Å². The van der Waals surface area contributed by atoms with Gasteiger partial charge in [0.2, 0.25) is 0 Å². The minimum atomic E-state index is 0.864. The summed E-state index contributed by atoms with van der Waals surface area (Å²) in [7, 11) is 0. The summed E-state index contributed by atoms with van der Waals surface area (Å²) in [5.74, 6) is 1.01. The van der Waals surface area contributed by atoms with Crippen LogP contribution in [0, 0.1) is 20.8 Å². The van der Waals surface area contributed by atoms with Crippen molar-refractivity contribution in [3.05, 3.63) is 82.9 Å². The van der Waals surface area contributed by atoms with Crippen LogP contribution in [0.1, 0.15) is 22.9 Å². The molecule has 0 aliphatic carbocycles. The Balaban J connectivity index is 1.70. The van der Waals surface area contributed by atoms with Crippen molar-refractivity contribution in [2.45, 2.75) is 34.2 Å². The first kappa shape index (κ1) is 19.7. The number of thiazole rings is 1. The summed E-state index contributed by atoms with van der Waals surface area (Å²) in [4.78, 5) is 10.9. The summed E-state index contributed by atoms with van der Waals surface area (Å²) in [6.45, 7) is 9.46. The molecule has 4 heteroatoms. The van der Waals surface area contributed by atoms with Gasteiger partial charge in [0.25, 0.3) is 0 Å². The van der Waals surface area contributed by atoms with E-state index in [-0.39, 0.29) is 0 Å². The molecule has 0 spiro atoms. The van der Waals surface area contributed by atoms with Crippen molar-refractivity contribution in [1.82, 2.24) is 14.5 Å². The maximum Gasteiger partial charge on any atom is 0.141 e. The summed E-state index contributed by atoms with van der Waals surface area (Å²) in [5, 5.41) is 1.04. The molecule has 3 aromatic carbocycles. The second-order valence-electron chi connectivity index (χ2n) is 8.02. The Morgan fingerprint density at radius 3 is 2.39 bits per heavy atom. The predicted molar refractivity (Wildman–Crippen MR) is 132 cm³/mol. The number of fused-ring (bicyclic) bond motifs is 1. The zero-order valence-corrected chi connectivity index (χ0v) is 19.1. The summed E-state index contributed by atoms with van der Waals surface area (Å²) in [6.07, 6.45) is 1.93. The molecular formula is C27H25N3S. The topological polar surface area (TPSA) is 30.7 Å². The van der Waals surface area contributed by atoms with E-state index < -0.39 is 0 Å². The third-order valence-electron chi connectivity index (χ3n) is 5.77. The average Bonchev–Trinajstić information content (AvgIpc) is 3.36. The minimum absolute atomic E-state index is 0.864. The molecule has 5 aromatic rings. The van der Waals surface area contributed by atoms with E-state index in [0.29, 0.717) is 0 Å². The maximum absolute atomic E-state index is 5.12. The third-order valence-corrected chi connectivity index (χ3v) is 6.73. The first-order valence-electron chi connectivity index (χ1n) is 10.6. The molecule has 2 heterocycles. The molecular weight excluding hydrogens is 398 g/mol. The molecule has 2 aromatic heterocycles. The fourth-order valence-corrected chi connectivity index (χ4v) is 5.07. The van der Waals surface area contributed by atoms with Gasteiger partial charge < -0.3 is 4.57 Å². The molecule has 0 unspecified atom stereocenters. The number of benzene rings is 3. The van der Waals surface area contributed by atoms with Crippen molar-refractivity contribution in [3.63, 3.8) is 0 Å². The standard InChI is InChI=1S/C27H25N3S/c1-5-30-25-13-11-20(27-28-16-19(4)31-27)15-24(25)29-26(30)23-9-7-6-8-22(23)21-12-10-17(2)14-18(21)3/h6-16H,5H2,1-4H3. The molecule has 0 saturated carbocycles. The lowest BCUT2D eigenvalue weighted by atomic mass is 9.94. The maximum atomic E-state index is 5.12. The zero-order valence-electron chi connectivity index (χ0n) is 18.3. The van der Waals surface area contributed by atoms with Gasteiger partial charge in [-0.25, -0.2) is 9.97 Å². The number of hydrogen-bond donors (Lipinski definition) is 0. The smallest absolute Gasteiger partial charge is 0.141 e. The van der Waals surface area contributed by atoms with Crippen LogP contribution in [0.4, 0.5) is 0 Å². The van der Waals surface area contributed by atoms with Gasteiger partial charge in [-0.3, -0.25) is 0 Å². The van der Waals surface area contributed by atoms with E-state index in [1.807, 2.05) is 6.20 Å². The summed E-state index contributed by atoms with van der Waals surface area (Å²) < 4.78 is 2.31. The van der Waals surface area contributed by atoms with Crippen LogP contribution >= 0.6 is 11.3 Å². The van der Waals surface area contributed by atoms with Crippen LogP contribution in [-0.2, 0) is 6.54 Å². The van der Waals surface area contributed by atoms with Crippen LogP contribution in [0.3, 0.4) is 0 Å². The monoisotopic (exact) mass is 423 g/mol. The molecule has 0 radical (unpaired) electrons. The SMILES string of the molecule is CCn1c(-c2ccccc2-c2ccc(C)cc2C)nc2cc(-c3ncc(C)s3)ccc21. The first-order valence-corrected chi connectivity index (χ1v) is 11.5. The molecule has 0 aliphatic heterocycles. The number of nitrogens with zero attached hydrogens (tertiary/aromatic N) is 3. The molecule has 3 nitrogen and oxygen atoms in total. The average molecular weight is 424 g/mol. The normalized spacial score (nSPS) is 11.4. The Morgan fingerprint density at radius 1 is 0.871 bits per heavy atom.